The topological polar surface area (TPSA) is 63.0 Å². The normalized spacial score (nSPS) is 14.8. The third kappa shape index (κ3) is 3.45. The van der Waals surface area contributed by atoms with Crippen molar-refractivity contribution in [2.45, 2.75) is 24.7 Å². The van der Waals surface area contributed by atoms with E-state index in [9.17, 15) is 18.3 Å². The second-order valence-corrected chi connectivity index (χ2v) is 5.01. The largest absolute Gasteiger partial charge is 0.424 e. The maximum absolute atomic E-state index is 13.3. The minimum Gasteiger partial charge on any atom is -0.374 e. The molecule has 0 aliphatic rings. The maximum Gasteiger partial charge on any atom is 0.424 e. The Morgan fingerprint density at radius 2 is 2.09 bits per heavy atom. The van der Waals surface area contributed by atoms with Crippen molar-refractivity contribution in [2.75, 3.05) is 6.54 Å². The van der Waals surface area contributed by atoms with E-state index in [0.717, 1.165) is 5.56 Å². The van der Waals surface area contributed by atoms with Crippen molar-refractivity contribution in [3.63, 3.8) is 0 Å². The standard InChI is InChI=1S/C14H17F3N4O/c1-21-8-7-20-12(21)13(22,14(15,16)17)4-6-19-10-11-3-2-5-18-9-11/h2-3,5,7-9,19,22H,4,6,10H2,1H3. The fraction of sp³-hybridized carbons (Fsp3) is 0.429. The highest BCUT2D eigenvalue weighted by atomic mass is 19.4. The van der Waals surface area contributed by atoms with Crippen LogP contribution >= 0.6 is 0 Å². The lowest BCUT2D eigenvalue weighted by atomic mass is 9.97. The highest BCUT2D eigenvalue weighted by Crippen LogP contribution is 2.40. The number of aliphatic hydroxyl groups is 1. The van der Waals surface area contributed by atoms with Crippen molar-refractivity contribution in [1.82, 2.24) is 19.9 Å². The van der Waals surface area contributed by atoms with Crippen LogP contribution in [0.2, 0.25) is 0 Å². The van der Waals surface area contributed by atoms with Gasteiger partial charge in [-0.3, -0.25) is 4.98 Å². The van der Waals surface area contributed by atoms with E-state index < -0.39 is 24.0 Å². The molecule has 22 heavy (non-hydrogen) atoms. The first-order valence-electron chi connectivity index (χ1n) is 6.71. The summed E-state index contributed by atoms with van der Waals surface area (Å²) in [7, 11) is 1.42. The van der Waals surface area contributed by atoms with Crippen LogP contribution in [0, 0.1) is 0 Å². The van der Waals surface area contributed by atoms with Crippen LogP contribution in [0.1, 0.15) is 17.8 Å². The Morgan fingerprint density at radius 3 is 2.64 bits per heavy atom. The Bertz CT molecular complexity index is 600. The van der Waals surface area contributed by atoms with Crippen molar-refractivity contribution in [2.24, 2.45) is 7.05 Å². The molecule has 2 heterocycles. The van der Waals surface area contributed by atoms with Gasteiger partial charge in [0.2, 0.25) is 5.60 Å². The van der Waals surface area contributed by atoms with Gasteiger partial charge < -0.3 is 15.0 Å². The molecule has 0 spiro atoms. The molecule has 0 fully saturated rings. The molecule has 1 unspecified atom stereocenters. The Balaban J connectivity index is 2.01. The summed E-state index contributed by atoms with van der Waals surface area (Å²) in [6.45, 7) is 0.361. The van der Waals surface area contributed by atoms with Gasteiger partial charge >= 0.3 is 6.18 Å². The number of nitrogens with zero attached hydrogens (tertiary/aromatic N) is 3. The first-order valence-corrected chi connectivity index (χ1v) is 6.71. The Kier molecular flexibility index (Phi) is 4.82. The third-order valence-corrected chi connectivity index (χ3v) is 3.38. The molecule has 2 rings (SSSR count). The number of aromatic nitrogens is 3. The molecule has 1 atom stereocenters. The van der Waals surface area contributed by atoms with Crippen LogP contribution in [0.15, 0.2) is 36.9 Å². The molecule has 0 saturated carbocycles. The van der Waals surface area contributed by atoms with Crippen LogP contribution in [0.4, 0.5) is 13.2 Å². The Morgan fingerprint density at radius 1 is 1.32 bits per heavy atom. The summed E-state index contributed by atoms with van der Waals surface area (Å²) in [4.78, 5) is 7.57. The van der Waals surface area contributed by atoms with E-state index in [0.29, 0.717) is 6.54 Å². The molecule has 0 radical (unpaired) electrons. The monoisotopic (exact) mass is 314 g/mol. The number of halogens is 3. The van der Waals surface area contributed by atoms with Gasteiger partial charge in [0.25, 0.3) is 0 Å². The van der Waals surface area contributed by atoms with Gasteiger partial charge in [-0.2, -0.15) is 13.2 Å². The van der Waals surface area contributed by atoms with Crippen molar-refractivity contribution < 1.29 is 18.3 Å². The van der Waals surface area contributed by atoms with Crippen LogP contribution in [-0.2, 0) is 19.2 Å². The maximum atomic E-state index is 13.3. The first kappa shape index (κ1) is 16.4. The highest BCUT2D eigenvalue weighted by molar-refractivity contribution is 5.10. The number of pyridine rings is 1. The molecule has 2 aromatic rings. The van der Waals surface area contributed by atoms with Crippen LogP contribution < -0.4 is 5.32 Å². The molecular formula is C14H17F3N4O. The van der Waals surface area contributed by atoms with E-state index in [1.54, 1.807) is 18.5 Å². The summed E-state index contributed by atoms with van der Waals surface area (Å²) in [5, 5.41) is 13.0. The van der Waals surface area contributed by atoms with E-state index in [-0.39, 0.29) is 6.54 Å². The van der Waals surface area contributed by atoms with Gasteiger partial charge in [-0.05, 0) is 18.2 Å². The Labute approximate surface area is 125 Å². The van der Waals surface area contributed by atoms with Crippen LogP contribution in [-0.4, -0.2) is 32.4 Å². The van der Waals surface area contributed by atoms with E-state index in [2.05, 4.69) is 15.3 Å². The summed E-state index contributed by atoms with van der Waals surface area (Å²) >= 11 is 0. The number of alkyl halides is 3. The van der Waals surface area contributed by atoms with E-state index in [1.165, 1.54) is 24.0 Å². The number of aryl methyl sites for hydroxylation is 1. The predicted octanol–water partition coefficient (Wildman–Crippen LogP) is 1.74. The molecule has 0 amide bonds. The van der Waals surface area contributed by atoms with Gasteiger partial charge in [-0.15, -0.1) is 0 Å². The second-order valence-electron chi connectivity index (χ2n) is 5.01. The van der Waals surface area contributed by atoms with E-state index in [4.69, 9.17) is 0 Å². The fourth-order valence-corrected chi connectivity index (χ4v) is 2.15. The molecule has 120 valence electrons. The summed E-state index contributed by atoms with van der Waals surface area (Å²) in [5.74, 6) is -0.414. The smallest absolute Gasteiger partial charge is 0.374 e. The zero-order valence-corrected chi connectivity index (χ0v) is 12.0. The third-order valence-electron chi connectivity index (χ3n) is 3.38. The minimum absolute atomic E-state index is 0.0161. The Hall–Kier alpha value is -1.93. The van der Waals surface area contributed by atoms with Gasteiger partial charge in [-0.25, -0.2) is 4.98 Å². The van der Waals surface area contributed by atoms with Crippen molar-refractivity contribution in [3.8, 4) is 0 Å². The average molecular weight is 314 g/mol. The number of imidazole rings is 1. The zero-order chi connectivity index (χ0) is 16.2. The molecule has 0 aliphatic heterocycles. The van der Waals surface area contributed by atoms with Gasteiger partial charge in [-0.1, -0.05) is 6.07 Å². The summed E-state index contributed by atoms with van der Waals surface area (Å²) in [6, 6.07) is 3.56. The molecule has 2 N–H and O–H groups in total. The lowest BCUT2D eigenvalue weighted by Crippen LogP contribution is -2.46. The van der Waals surface area contributed by atoms with E-state index in [1.807, 2.05) is 6.07 Å². The van der Waals surface area contributed by atoms with Crippen molar-refractivity contribution >= 4 is 0 Å². The number of hydrogen-bond acceptors (Lipinski definition) is 4. The average Bonchev–Trinajstić information content (AvgIpc) is 2.90. The van der Waals surface area contributed by atoms with Crippen LogP contribution in [0.5, 0.6) is 0 Å². The highest BCUT2D eigenvalue weighted by Gasteiger charge is 2.56. The summed E-state index contributed by atoms with van der Waals surface area (Å²) < 4.78 is 40.9. The molecule has 0 aromatic carbocycles. The van der Waals surface area contributed by atoms with E-state index >= 15 is 0 Å². The number of nitrogens with one attached hydrogen (secondary N) is 1. The lowest BCUT2D eigenvalue weighted by molar-refractivity contribution is -0.272. The summed E-state index contributed by atoms with van der Waals surface area (Å²) in [5.41, 5.74) is -2.12. The minimum atomic E-state index is -4.80. The fourth-order valence-electron chi connectivity index (χ4n) is 2.15. The lowest BCUT2D eigenvalue weighted by Gasteiger charge is -2.30. The summed E-state index contributed by atoms with van der Waals surface area (Å²) in [6.07, 6.45) is 0.516. The van der Waals surface area contributed by atoms with Gasteiger partial charge in [0, 0.05) is 44.8 Å². The van der Waals surface area contributed by atoms with Crippen LogP contribution in [0.25, 0.3) is 0 Å². The predicted molar refractivity (Wildman–Crippen MR) is 73.7 cm³/mol. The zero-order valence-electron chi connectivity index (χ0n) is 12.0. The molecule has 5 nitrogen and oxygen atoms in total. The molecule has 0 aliphatic carbocycles. The van der Waals surface area contributed by atoms with Crippen molar-refractivity contribution in [3.05, 3.63) is 48.3 Å². The number of rotatable bonds is 6. The molecule has 2 aromatic heterocycles. The molecule has 0 bridgehead atoms. The van der Waals surface area contributed by atoms with Crippen LogP contribution in [0.3, 0.4) is 0 Å². The number of hydrogen-bond donors (Lipinski definition) is 2. The molecular weight excluding hydrogens is 297 g/mol. The first-order chi connectivity index (χ1) is 10.3. The van der Waals surface area contributed by atoms with Gasteiger partial charge in [0.1, 0.15) is 5.82 Å². The van der Waals surface area contributed by atoms with Gasteiger partial charge in [0.15, 0.2) is 0 Å². The van der Waals surface area contributed by atoms with Crippen molar-refractivity contribution in [1.29, 1.82) is 0 Å². The SMILES string of the molecule is Cn1ccnc1C(O)(CCNCc1cccnc1)C(F)(F)F. The molecule has 0 saturated heterocycles. The quantitative estimate of drug-likeness (QED) is 0.797. The van der Waals surface area contributed by atoms with Gasteiger partial charge in [0.05, 0.1) is 0 Å². The second kappa shape index (κ2) is 6.45. The molecule has 8 heteroatoms.